The third-order valence-corrected chi connectivity index (χ3v) is 5.33. The Hall–Kier alpha value is -1.68. The summed E-state index contributed by atoms with van der Waals surface area (Å²) in [6.07, 6.45) is 0.606. The van der Waals surface area contributed by atoms with Crippen molar-refractivity contribution in [1.82, 2.24) is 4.90 Å². The van der Waals surface area contributed by atoms with Crippen LogP contribution in [-0.2, 0) is 6.42 Å². The standard InChI is InChI=1S/C20H23NOS/c1-2-21(14-19(22)16-8-4-3-5-9-16)13-12-17-15-23-20-11-7-6-10-18(17)20/h3-11,15,19,22H,2,12-14H2,1H3. The Bertz CT molecular complexity index is 737. The Morgan fingerprint density at radius 2 is 1.78 bits per heavy atom. The van der Waals surface area contributed by atoms with Crippen LogP contribution in [0.25, 0.3) is 10.1 Å². The second-order valence-corrected chi connectivity index (χ2v) is 6.74. The van der Waals surface area contributed by atoms with Gasteiger partial charge in [0, 0.05) is 17.8 Å². The minimum Gasteiger partial charge on any atom is -0.387 e. The van der Waals surface area contributed by atoms with Crippen LogP contribution < -0.4 is 0 Å². The van der Waals surface area contributed by atoms with Crippen LogP contribution in [0.15, 0.2) is 60.0 Å². The van der Waals surface area contributed by atoms with Crippen molar-refractivity contribution in [2.45, 2.75) is 19.4 Å². The minimum absolute atomic E-state index is 0.421. The van der Waals surface area contributed by atoms with E-state index in [0.717, 1.165) is 25.1 Å². The Balaban J connectivity index is 1.61. The van der Waals surface area contributed by atoms with Crippen LogP contribution in [0, 0.1) is 0 Å². The monoisotopic (exact) mass is 325 g/mol. The van der Waals surface area contributed by atoms with Gasteiger partial charge in [-0.2, -0.15) is 0 Å². The molecule has 3 heteroatoms. The third-order valence-electron chi connectivity index (χ3n) is 4.32. The fraction of sp³-hybridized carbons (Fsp3) is 0.300. The van der Waals surface area contributed by atoms with Gasteiger partial charge in [-0.05, 0) is 40.9 Å². The first kappa shape index (κ1) is 16.2. The summed E-state index contributed by atoms with van der Waals surface area (Å²) in [5, 5.41) is 14.1. The van der Waals surface area contributed by atoms with Crippen LogP contribution in [0.4, 0.5) is 0 Å². The zero-order valence-electron chi connectivity index (χ0n) is 13.5. The summed E-state index contributed by atoms with van der Waals surface area (Å²) in [7, 11) is 0. The maximum atomic E-state index is 10.4. The number of nitrogens with zero attached hydrogens (tertiary/aromatic N) is 1. The first-order valence-electron chi connectivity index (χ1n) is 8.18. The highest BCUT2D eigenvalue weighted by Crippen LogP contribution is 2.26. The average Bonchev–Trinajstić information content (AvgIpc) is 3.02. The van der Waals surface area contributed by atoms with Gasteiger partial charge in [-0.1, -0.05) is 55.5 Å². The molecule has 0 bridgehead atoms. The molecular formula is C20H23NOS. The molecule has 0 aliphatic heterocycles. The lowest BCUT2D eigenvalue weighted by molar-refractivity contribution is 0.116. The molecule has 3 aromatic rings. The maximum Gasteiger partial charge on any atom is 0.0916 e. The summed E-state index contributed by atoms with van der Waals surface area (Å²) in [4.78, 5) is 2.32. The summed E-state index contributed by atoms with van der Waals surface area (Å²) in [6, 6.07) is 18.5. The minimum atomic E-state index is -0.421. The molecule has 1 aromatic heterocycles. The van der Waals surface area contributed by atoms with E-state index in [0.29, 0.717) is 6.54 Å². The lowest BCUT2D eigenvalue weighted by Gasteiger charge is -2.23. The molecule has 0 saturated heterocycles. The van der Waals surface area contributed by atoms with Crippen molar-refractivity contribution >= 4 is 21.4 Å². The van der Waals surface area contributed by atoms with Crippen LogP contribution in [0.5, 0.6) is 0 Å². The lowest BCUT2D eigenvalue weighted by Crippen LogP contribution is -2.30. The highest BCUT2D eigenvalue weighted by Gasteiger charge is 2.13. The van der Waals surface area contributed by atoms with Gasteiger partial charge in [-0.25, -0.2) is 0 Å². The fourth-order valence-electron chi connectivity index (χ4n) is 2.91. The predicted octanol–water partition coefficient (Wildman–Crippen LogP) is 4.50. The van der Waals surface area contributed by atoms with E-state index in [2.05, 4.69) is 41.5 Å². The van der Waals surface area contributed by atoms with Gasteiger partial charge in [-0.15, -0.1) is 11.3 Å². The van der Waals surface area contributed by atoms with E-state index in [1.165, 1.54) is 15.6 Å². The molecule has 1 unspecified atom stereocenters. The van der Waals surface area contributed by atoms with E-state index in [-0.39, 0.29) is 0 Å². The molecule has 2 nitrogen and oxygen atoms in total. The van der Waals surface area contributed by atoms with Gasteiger partial charge >= 0.3 is 0 Å². The van der Waals surface area contributed by atoms with Crippen molar-refractivity contribution in [3.05, 3.63) is 71.1 Å². The smallest absolute Gasteiger partial charge is 0.0916 e. The number of benzene rings is 2. The molecule has 1 N–H and O–H groups in total. The van der Waals surface area contributed by atoms with Gasteiger partial charge in [0.1, 0.15) is 0 Å². The zero-order chi connectivity index (χ0) is 16.1. The van der Waals surface area contributed by atoms with E-state index in [4.69, 9.17) is 0 Å². The SMILES string of the molecule is CCN(CCc1csc2ccccc12)CC(O)c1ccccc1. The van der Waals surface area contributed by atoms with E-state index in [1.54, 1.807) is 0 Å². The number of likely N-dealkylation sites (N-methyl/N-ethyl adjacent to an activating group) is 1. The van der Waals surface area contributed by atoms with Crippen molar-refractivity contribution in [2.75, 3.05) is 19.6 Å². The predicted molar refractivity (Wildman–Crippen MR) is 99.0 cm³/mol. The molecule has 2 aromatic carbocycles. The van der Waals surface area contributed by atoms with Crippen molar-refractivity contribution in [3.63, 3.8) is 0 Å². The number of aliphatic hydroxyl groups is 1. The van der Waals surface area contributed by atoms with Crippen LogP contribution in [-0.4, -0.2) is 29.6 Å². The van der Waals surface area contributed by atoms with Crippen LogP contribution >= 0.6 is 11.3 Å². The third kappa shape index (κ3) is 3.99. The molecule has 23 heavy (non-hydrogen) atoms. The van der Waals surface area contributed by atoms with Crippen LogP contribution in [0.1, 0.15) is 24.2 Å². The van der Waals surface area contributed by atoms with E-state index < -0.39 is 6.10 Å². The van der Waals surface area contributed by atoms with Gasteiger partial charge < -0.3 is 10.0 Å². The maximum absolute atomic E-state index is 10.4. The molecule has 0 fully saturated rings. The van der Waals surface area contributed by atoms with Crippen molar-refractivity contribution in [2.24, 2.45) is 0 Å². The summed E-state index contributed by atoms with van der Waals surface area (Å²) in [5.41, 5.74) is 2.41. The molecule has 120 valence electrons. The van der Waals surface area contributed by atoms with Gasteiger partial charge in [0.05, 0.1) is 6.10 Å². The van der Waals surface area contributed by atoms with Gasteiger partial charge in [-0.3, -0.25) is 0 Å². The normalized spacial score (nSPS) is 12.8. The van der Waals surface area contributed by atoms with Gasteiger partial charge in [0.2, 0.25) is 0 Å². The lowest BCUT2D eigenvalue weighted by atomic mass is 10.1. The number of thiophene rings is 1. The Labute approximate surface area is 142 Å². The Morgan fingerprint density at radius 3 is 2.57 bits per heavy atom. The van der Waals surface area contributed by atoms with E-state index in [1.807, 2.05) is 41.7 Å². The molecule has 0 radical (unpaired) electrons. The van der Waals surface area contributed by atoms with Gasteiger partial charge in [0.25, 0.3) is 0 Å². The largest absolute Gasteiger partial charge is 0.387 e. The molecule has 0 aliphatic rings. The van der Waals surface area contributed by atoms with Crippen LogP contribution in [0.2, 0.25) is 0 Å². The zero-order valence-corrected chi connectivity index (χ0v) is 14.3. The number of hydrogen-bond acceptors (Lipinski definition) is 3. The molecular weight excluding hydrogens is 302 g/mol. The number of aliphatic hydroxyl groups excluding tert-OH is 1. The summed E-state index contributed by atoms with van der Waals surface area (Å²) in [5.74, 6) is 0. The summed E-state index contributed by atoms with van der Waals surface area (Å²) >= 11 is 1.82. The highest BCUT2D eigenvalue weighted by atomic mass is 32.1. The van der Waals surface area contributed by atoms with E-state index >= 15 is 0 Å². The molecule has 3 rings (SSSR count). The Kier molecular flexibility index (Phi) is 5.44. The molecule has 1 heterocycles. The second-order valence-electron chi connectivity index (χ2n) is 5.83. The van der Waals surface area contributed by atoms with Crippen molar-refractivity contribution < 1.29 is 5.11 Å². The molecule has 0 spiro atoms. The first-order chi connectivity index (χ1) is 11.3. The van der Waals surface area contributed by atoms with Crippen LogP contribution in [0.3, 0.4) is 0 Å². The van der Waals surface area contributed by atoms with Crippen molar-refractivity contribution in [1.29, 1.82) is 0 Å². The average molecular weight is 325 g/mol. The van der Waals surface area contributed by atoms with Gasteiger partial charge in [0.15, 0.2) is 0 Å². The number of hydrogen-bond donors (Lipinski definition) is 1. The molecule has 0 aliphatic carbocycles. The summed E-state index contributed by atoms with van der Waals surface area (Å²) < 4.78 is 1.36. The molecule has 0 amide bonds. The quantitative estimate of drug-likeness (QED) is 0.691. The number of rotatable bonds is 7. The first-order valence-corrected chi connectivity index (χ1v) is 9.06. The highest BCUT2D eigenvalue weighted by molar-refractivity contribution is 7.17. The number of fused-ring (bicyclic) bond motifs is 1. The van der Waals surface area contributed by atoms with Crippen molar-refractivity contribution in [3.8, 4) is 0 Å². The van der Waals surface area contributed by atoms with E-state index in [9.17, 15) is 5.11 Å². The molecule has 1 atom stereocenters. The second kappa shape index (κ2) is 7.73. The summed E-state index contributed by atoms with van der Waals surface area (Å²) in [6.45, 7) is 4.76. The topological polar surface area (TPSA) is 23.5 Å². The molecule has 0 saturated carbocycles. The fourth-order valence-corrected chi connectivity index (χ4v) is 3.91. The Morgan fingerprint density at radius 1 is 1.04 bits per heavy atom.